The van der Waals surface area contributed by atoms with Gasteiger partial charge in [-0.25, -0.2) is 0 Å². The van der Waals surface area contributed by atoms with E-state index in [9.17, 15) is 0 Å². The Morgan fingerprint density at radius 1 is 0.870 bits per heavy atom. The summed E-state index contributed by atoms with van der Waals surface area (Å²) in [5.74, 6) is 2.97. The lowest BCUT2D eigenvalue weighted by molar-refractivity contribution is -0.283. The Bertz CT molecular complexity index is 1370. The zero-order chi connectivity index (χ0) is 31.2. The van der Waals surface area contributed by atoms with Crippen molar-refractivity contribution in [3.05, 3.63) is 59.2 Å². The largest absolute Gasteiger partial charge is 0.487 e. The number of nitrogens with zero attached hydrogens (tertiary/aromatic N) is 1. The van der Waals surface area contributed by atoms with Crippen molar-refractivity contribution in [1.82, 2.24) is 4.90 Å². The molecule has 2 aromatic carbocycles. The van der Waals surface area contributed by atoms with Crippen molar-refractivity contribution in [2.75, 3.05) is 73.6 Å². The molecule has 6 atom stereocenters. The van der Waals surface area contributed by atoms with E-state index in [-0.39, 0.29) is 22.9 Å². The molecule has 0 radical (unpaired) electrons. The zero-order valence-corrected chi connectivity index (χ0v) is 27.7. The standard InChI is InChI=1S/C38H51NO7/c1-40-16-17-42-18-19-43-20-21-45-31-11-10-29-22-32-36-12-13-38(41-2,30(23-36)26-44-25-28-6-4-3-5-7-28)35-37(36,33(29)34(31)46-35)14-15-39(32)24-27-8-9-27/h3-7,10-11,27,30,32,35H,8-9,12-26H2,1-2H3/t30-,32-,35-,36?,37?,38?/m1/s1. The van der Waals surface area contributed by atoms with E-state index in [1.165, 1.54) is 42.5 Å². The summed E-state index contributed by atoms with van der Waals surface area (Å²) < 4.78 is 43.3. The van der Waals surface area contributed by atoms with Crippen LogP contribution >= 0.6 is 0 Å². The zero-order valence-electron chi connectivity index (χ0n) is 27.7. The lowest BCUT2D eigenvalue weighted by atomic mass is 9.35. The van der Waals surface area contributed by atoms with Gasteiger partial charge in [0.2, 0.25) is 0 Å². The quantitative estimate of drug-likeness (QED) is 0.221. The molecule has 8 heteroatoms. The Balaban J connectivity index is 1.07. The van der Waals surface area contributed by atoms with Crippen LogP contribution in [-0.2, 0) is 42.1 Å². The second-order valence-electron chi connectivity index (χ2n) is 14.6. The van der Waals surface area contributed by atoms with Gasteiger partial charge in [-0.05, 0) is 74.6 Å². The van der Waals surface area contributed by atoms with Crippen molar-refractivity contribution in [3.8, 4) is 11.5 Å². The van der Waals surface area contributed by atoms with Crippen molar-refractivity contribution in [2.45, 2.75) is 74.7 Å². The minimum Gasteiger partial charge on any atom is -0.487 e. The Morgan fingerprint density at radius 3 is 2.46 bits per heavy atom. The molecule has 2 heterocycles. The third-order valence-corrected chi connectivity index (χ3v) is 12.5. The molecule has 250 valence electrons. The average Bonchev–Trinajstić information content (AvgIpc) is 3.83. The van der Waals surface area contributed by atoms with Crippen molar-refractivity contribution in [3.63, 3.8) is 0 Å². The molecule has 3 unspecified atom stereocenters. The van der Waals surface area contributed by atoms with E-state index >= 15 is 0 Å². The van der Waals surface area contributed by atoms with Crippen LogP contribution in [0.5, 0.6) is 11.5 Å². The number of piperidine rings is 1. The number of rotatable bonds is 17. The van der Waals surface area contributed by atoms with Gasteiger partial charge >= 0.3 is 0 Å². The van der Waals surface area contributed by atoms with Crippen LogP contribution in [0.15, 0.2) is 42.5 Å². The average molecular weight is 634 g/mol. The minimum atomic E-state index is -0.390. The Labute approximate surface area is 273 Å². The van der Waals surface area contributed by atoms with E-state index in [1.807, 2.05) is 7.11 Å². The second kappa shape index (κ2) is 12.7. The van der Waals surface area contributed by atoms with Crippen LogP contribution in [-0.4, -0.2) is 96.2 Å². The molecule has 2 aromatic rings. The van der Waals surface area contributed by atoms with Crippen molar-refractivity contribution >= 4 is 0 Å². The van der Waals surface area contributed by atoms with E-state index in [4.69, 9.17) is 33.2 Å². The fourth-order valence-electron chi connectivity index (χ4n) is 10.4. The van der Waals surface area contributed by atoms with Crippen LogP contribution in [0.2, 0.25) is 0 Å². The number of ether oxygens (including phenoxy) is 7. The summed E-state index contributed by atoms with van der Waals surface area (Å²) in [4.78, 5) is 2.90. The second-order valence-corrected chi connectivity index (χ2v) is 14.6. The predicted molar refractivity (Wildman–Crippen MR) is 174 cm³/mol. The number of likely N-dealkylation sites (tertiary alicyclic amines) is 1. The summed E-state index contributed by atoms with van der Waals surface area (Å²) in [7, 11) is 3.60. The third-order valence-electron chi connectivity index (χ3n) is 12.5. The van der Waals surface area contributed by atoms with E-state index in [2.05, 4.69) is 47.4 Å². The topological polar surface area (TPSA) is 67.9 Å². The SMILES string of the molecule is COCCOCCOCCOc1ccc2c3c1O[C@H]1C4(OC)CCC5(C[C@@H]4COCc4ccccc4)[C@@H](C2)N(CC2CC2)CCC315. The summed E-state index contributed by atoms with van der Waals surface area (Å²) in [5.41, 5.74) is 3.82. The van der Waals surface area contributed by atoms with Gasteiger partial charge in [0.25, 0.3) is 0 Å². The summed E-state index contributed by atoms with van der Waals surface area (Å²) in [6.45, 7) is 6.95. The number of hydrogen-bond donors (Lipinski definition) is 0. The summed E-state index contributed by atoms with van der Waals surface area (Å²) in [5, 5.41) is 0. The van der Waals surface area contributed by atoms with Gasteiger partial charge in [-0.2, -0.15) is 0 Å². The van der Waals surface area contributed by atoms with E-state index < -0.39 is 5.60 Å². The lowest BCUT2D eigenvalue weighted by Crippen LogP contribution is -2.81. The van der Waals surface area contributed by atoms with Crippen LogP contribution in [0.3, 0.4) is 0 Å². The molecule has 2 aliphatic heterocycles. The number of benzene rings is 2. The maximum absolute atomic E-state index is 7.29. The third kappa shape index (κ3) is 4.93. The van der Waals surface area contributed by atoms with Crippen molar-refractivity contribution in [1.29, 1.82) is 0 Å². The van der Waals surface area contributed by atoms with Gasteiger partial charge < -0.3 is 33.2 Å². The monoisotopic (exact) mass is 633 g/mol. The molecule has 8 nitrogen and oxygen atoms in total. The first kappa shape index (κ1) is 31.1. The van der Waals surface area contributed by atoms with Crippen LogP contribution in [0.1, 0.15) is 55.2 Å². The van der Waals surface area contributed by atoms with Gasteiger partial charge in [0.1, 0.15) is 18.3 Å². The molecule has 0 N–H and O–H groups in total. The van der Waals surface area contributed by atoms with E-state index in [0.717, 1.165) is 49.6 Å². The molecule has 4 bridgehead atoms. The molecule has 0 aromatic heterocycles. The van der Waals surface area contributed by atoms with E-state index in [0.29, 0.717) is 58.9 Å². The first-order valence-corrected chi connectivity index (χ1v) is 17.7. The Hall–Kier alpha value is -2.20. The summed E-state index contributed by atoms with van der Waals surface area (Å²) >= 11 is 0. The van der Waals surface area contributed by atoms with Crippen LogP contribution in [0, 0.1) is 17.3 Å². The smallest absolute Gasteiger partial charge is 0.165 e. The Morgan fingerprint density at radius 2 is 1.67 bits per heavy atom. The van der Waals surface area contributed by atoms with E-state index in [1.54, 1.807) is 7.11 Å². The van der Waals surface area contributed by atoms with Gasteiger partial charge in [0, 0.05) is 49.1 Å². The molecule has 9 rings (SSSR count). The normalized spacial score (nSPS) is 33.6. The summed E-state index contributed by atoms with van der Waals surface area (Å²) in [6.07, 6.45) is 8.29. The molecule has 46 heavy (non-hydrogen) atoms. The van der Waals surface area contributed by atoms with Gasteiger partial charge in [-0.15, -0.1) is 0 Å². The Kier molecular flexibility index (Phi) is 8.57. The van der Waals surface area contributed by atoms with Crippen LogP contribution < -0.4 is 9.47 Å². The highest BCUT2D eigenvalue weighted by atomic mass is 16.6. The lowest BCUT2D eigenvalue weighted by Gasteiger charge is -2.74. The molecule has 7 aliphatic rings. The number of hydrogen-bond acceptors (Lipinski definition) is 8. The maximum Gasteiger partial charge on any atom is 0.165 e. The number of fused-ring (bicyclic) bond motifs is 2. The first-order valence-electron chi connectivity index (χ1n) is 17.7. The highest BCUT2D eigenvalue weighted by molar-refractivity contribution is 5.63. The summed E-state index contributed by atoms with van der Waals surface area (Å²) in [6, 6.07) is 15.6. The minimum absolute atomic E-state index is 0.0392. The maximum atomic E-state index is 7.29. The molecule has 0 amide bonds. The first-order chi connectivity index (χ1) is 22.6. The highest BCUT2D eigenvalue weighted by Crippen LogP contribution is 2.76. The molecule has 5 aliphatic carbocycles. The molecule has 5 fully saturated rings. The molecule has 1 saturated heterocycles. The predicted octanol–water partition coefficient (Wildman–Crippen LogP) is 5.19. The highest BCUT2D eigenvalue weighted by Gasteiger charge is 2.80. The fraction of sp³-hybridized carbons (Fsp3) is 0.684. The van der Waals surface area contributed by atoms with Crippen LogP contribution in [0.4, 0.5) is 0 Å². The van der Waals surface area contributed by atoms with Crippen molar-refractivity contribution < 1.29 is 33.2 Å². The van der Waals surface area contributed by atoms with Gasteiger partial charge in [-0.3, -0.25) is 4.90 Å². The molecular weight excluding hydrogens is 582 g/mol. The fourth-order valence-corrected chi connectivity index (χ4v) is 10.4. The van der Waals surface area contributed by atoms with Gasteiger partial charge in [0.15, 0.2) is 11.5 Å². The number of methoxy groups -OCH3 is 2. The van der Waals surface area contributed by atoms with Gasteiger partial charge in [0.05, 0.1) is 46.2 Å². The molecule has 4 saturated carbocycles. The van der Waals surface area contributed by atoms with Crippen LogP contribution in [0.25, 0.3) is 0 Å². The molecular formula is C38H51NO7. The van der Waals surface area contributed by atoms with Gasteiger partial charge in [-0.1, -0.05) is 36.4 Å². The van der Waals surface area contributed by atoms with Crippen molar-refractivity contribution in [2.24, 2.45) is 17.3 Å². The molecule has 2 spiro atoms.